The number of benzene rings is 2. The minimum Gasteiger partial charge on any atom is -0.392 e. The van der Waals surface area contributed by atoms with Gasteiger partial charge in [-0.2, -0.15) is 0 Å². The summed E-state index contributed by atoms with van der Waals surface area (Å²) in [7, 11) is 0. The first-order valence-electron chi connectivity index (χ1n) is 11.9. The van der Waals surface area contributed by atoms with Gasteiger partial charge in [-0.05, 0) is 61.5 Å². The largest absolute Gasteiger partial charge is 0.392 e. The second-order valence-corrected chi connectivity index (χ2v) is 8.88. The summed E-state index contributed by atoms with van der Waals surface area (Å²) >= 11 is 0. The predicted octanol–water partition coefficient (Wildman–Crippen LogP) is 4.11. The van der Waals surface area contributed by atoms with Crippen LogP contribution < -0.4 is 15.5 Å². The molecule has 8 nitrogen and oxygen atoms in total. The molecule has 0 bridgehead atoms. The van der Waals surface area contributed by atoms with Crippen LogP contribution in [0.15, 0.2) is 61.1 Å². The number of carbonyl (C=O) groups is 1. The molecule has 1 amide bonds. The van der Waals surface area contributed by atoms with Gasteiger partial charge < -0.3 is 15.7 Å². The molecule has 0 spiro atoms. The van der Waals surface area contributed by atoms with Crippen molar-refractivity contribution in [3.8, 4) is 0 Å². The SMILES string of the molecule is Cc1cccc2ccnc(N(C(=O)c3ccc(Nc4ncc(CO)cn4)cc3F)[C@@H]3CCCNC3)c12. The summed E-state index contributed by atoms with van der Waals surface area (Å²) in [5.74, 6) is -0.276. The van der Waals surface area contributed by atoms with E-state index < -0.39 is 11.7 Å². The van der Waals surface area contributed by atoms with Gasteiger partial charge in [-0.25, -0.2) is 19.3 Å². The van der Waals surface area contributed by atoms with Crippen molar-refractivity contribution in [1.82, 2.24) is 20.3 Å². The van der Waals surface area contributed by atoms with Crippen LogP contribution in [0.2, 0.25) is 0 Å². The number of rotatable bonds is 6. The first-order chi connectivity index (χ1) is 17.5. The molecule has 0 aliphatic carbocycles. The number of fused-ring (bicyclic) bond motifs is 1. The number of pyridine rings is 1. The van der Waals surface area contributed by atoms with E-state index in [4.69, 9.17) is 5.11 Å². The average molecular weight is 487 g/mol. The van der Waals surface area contributed by atoms with Crippen molar-refractivity contribution in [1.29, 1.82) is 0 Å². The normalized spacial score (nSPS) is 15.6. The standard InChI is InChI=1S/C27H27FN6O2/c1-17-4-2-5-19-9-11-30-25(24(17)19)34(21-6-3-10-29-15-21)26(36)22-8-7-20(12-23(22)28)33-27-31-13-18(16-35)14-32-27/h2,4-5,7-9,11-14,21,29,35H,3,6,10,15-16H2,1H3,(H,31,32,33)/t21-/m1/s1. The van der Waals surface area contributed by atoms with Crippen LogP contribution in [0, 0.1) is 12.7 Å². The molecule has 1 saturated heterocycles. The lowest BCUT2D eigenvalue weighted by Crippen LogP contribution is -2.49. The van der Waals surface area contributed by atoms with Gasteiger partial charge in [0.1, 0.15) is 11.6 Å². The number of carbonyl (C=O) groups excluding carboxylic acids is 1. The summed E-state index contributed by atoms with van der Waals surface area (Å²) in [5, 5.41) is 17.3. The van der Waals surface area contributed by atoms with Crippen molar-refractivity contribution in [2.24, 2.45) is 0 Å². The van der Waals surface area contributed by atoms with Crippen LogP contribution in [0.4, 0.5) is 21.8 Å². The Morgan fingerprint density at radius 2 is 2.03 bits per heavy atom. The van der Waals surface area contributed by atoms with Crippen molar-refractivity contribution in [3.63, 3.8) is 0 Å². The van der Waals surface area contributed by atoms with E-state index in [1.165, 1.54) is 24.5 Å². The van der Waals surface area contributed by atoms with Crippen LogP contribution in [0.1, 0.15) is 34.3 Å². The van der Waals surface area contributed by atoms with E-state index >= 15 is 4.39 Å². The first-order valence-corrected chi connectivity index (χ1v) is 11.9. The number of nitrogens with one attached hydrogen (secondary N) is 2. The number of aliphatic hydroxyl groups excluding tert-OH is 1. The summed E-state index contributed by atoms with van der Waals surface area (Å²) in [4.78, 5) is 28.4. The maximum absolute atomic E-state index is 15.4. The molecular weight excluding hydrogens is 459 g/mol. The summed E-state index contributed by atoms with van der Waals surface area (Å²) in [5.41, 5.74) is 1.95. The van der Waals surface area contributed by atoms with Gasteiger partial charge in [-0.1, -0.05) is 18.2 Å². The lowest BCUT2D eigenvalue weighted by Gasteiger charge is -2.35. The Kier molecular flexibility index (Phi) is 6.84. The lowest BCUT2D eigenvalue weighted by molar-refractivity contribution is 0.0968. The fourth-order valence-electron chi connectivity index (χ4n) is 4.59. The second kappa shape index (κ2) is 10.3. The van der Waals surface area contributed by atoms with Crippen molar-refractivity contribution >= 4 is 34.1 Å². The smallest absolute Gasteiger partial charge is 0.262 e. The molecule has 1 aliphatic heterocycles. The predicted molar refractivity (Wildman–Crippen MR) is 137 cm³/mol. The van der Waals surface area contributed by atoms with Crippen LogP contribution in [0.3, 0.4) is 0 Å². The van der Waals surface area contributed by atoms with Crippen molar-refractivity contribution in [3.05, 3.63) is 83.6 Å². The van der Waals surface area contributed by atoms with Gasteiger partial charge in [0.15, 0.2) is 0 Å². The average Bonchev–Trinajstić information content (AvgIpc) is 2.90. The molecule has 36 heavy (non-hydrogen) atoms. The molecule has 0 radical (unpaired) electrons. The van der Waals surface area contributed by atoms with Crippen molar-refractivity contribution in [2.75, 3.05) is 23.3 Å². The Balaban J connectivity index is 1.50. The van der Waals surface area contributed by atoms with Gasteiger partial charge in [0, 0.05) is 41.8 Å². The van der Waals surface area contributed by atoms with Gasteiger partial charge in [0.2, 0.25) is 5.95 Å². The third-order valence-corrected chi connectivity index (χ3v) is 6.41. The first kappa shape index (κ1) is 23.8. The summed E-state index contributed by atoms with van der Waals surface area (Å²) in [6.45, 7) is 3.32. The highest BCUT2D eigenvalue weighted by Crippen LogP contribution is 2.32. The van der Waals surface area contributed by atoms with E-state index in [2.05, 4.69) is 25.6 Å². The number of aliphatic hydroxyl groups is 1. The van der Waals surface area contributed by atoms with Crippen LogP contribution in [-0.2, 0) is 6.61 Å². The van der Waals surface area contributed by atoms with Crippen LogP contribution >= 0.6 is 0 Å². The molecule has 4 aromatic rings. The number of halogens is 1. The highest BCUT2D eigenvalue weighted by molar-refractivity contribution is 6.11. The molecule has 2 aromatic heterocycles. The zero-order chi connectivity index (χ0) is 25.1. The van der Waals surface area contributed by atoms with Crippen molar-refractivity contribution in [2.45, 2.75) is 32.4 Å². The number of aryl methyl sites for hydroxylation is 1. The molecule has 1 atom stereocenters. The fraction of sp³-hybridized carbons (Fsp3) is 0.259. The van der Waals surface area contributed by atoms with Gasteiger partial charge in [0.25, 0.3) is 5.91 Å². The quantitative estimate of drug-likeness (QED) is 0.377. The third-order valence-electron chi connectivity index (χ3n) is 6.41. The minimum absolute atomic E-state index is 0.0324. The number of hydrogen-bond acceptors (Lipinski definition) is 7. The topological polar surface area (TPSA) is 103 Å². The molecule has 2 aromatic carbocycles. The Hall–Kier alpha value is -3.95. The van der Waals surface area contributed by atoms with E-state index in [1.54, 1.807) is 17.2 Å². The highest BCUT2D eigenvalue weighted by atomic mass is 19.1. The summed E-state index contributed by atoms with van der Waals surface area (Å²) in [6, 6.07) is 12.1. The molecular formula is C27H27FN6O2. The van der Waals surface area contributed by atoms with Crippen LogP contribution in [0.5, 0.6) is 0 Å². The molecule has 5 rings (SSSR count). The zero-order valence-electron chi connectivity index (χ0n) is 19.9. The van der Waals surface area contributed by atoms with E-state index in [1.807, 2.05) is 31.2 Å². The molecule has 184 valence electrons. The molecule has 0 unspecified atom stereocenters. The van der Waals surface area contributed by atoms with Gasteiger partial charge in [-0.3, -0.25) is 9.69 Å². The maximum Gasteiger partial charge on any atom is 0.262 e. The van der Waals surface area contributed by atoms with Crippen molar-refractivity contribution < 1.29 is 14.3 Å². The summed E-state index contributed by atoms with van der Waals surface area (Å²) in [6.07, 6.45) is 6.38. The van der Waals surface area contributed by atoms with E-state index in [0.717, 1.165) is 35.7 Å². The van der Waals surface area contributed by atoms with E-state index in [9.17, 15) is 4.79 Å². The number of amides is 1. The number of hydrogen-bond donors (Lipinski definition) is 3. The van der Waals surface area contributed by atoms with Gasteiger partial charge in [-0.15, -0.1) is 0 Å². The molecule has 3 heterocycles. The number of aromatic nitrogens is 3. The van der Waals surface area contributed by atoms with Gasteiger partial charge in [0.05, 0.1) is 18.2 Å². The minimum atomic E-state index is -0.650. The van der Waals surface area contributed by atoms with Gasteiger partial charge >= 0.3 is 0 Å². The fourth-order valence-corrected chi connectivity index (χ4v) is 4.59. The molecule has 1 fully saturated rings. The number of anilines is 3. The van der Waals surface area contributed by atoms with Crippen LogP contribution in [0.25, 0.3) is 10.8 Å². The Labute approximate surface area is 208 Å². The van der Waals surface area contributed by atoms with Crippen LogP contribution in [-0.4, -0.2) is 45.1 Å². The zero-order valence-corrected chi connectivity index (χ0v) is 19.9. The Morgan fingerprint density at radius 3 is 2.75 bits per heavy atom. The summed E-state index contributed by atoms with van der Waals surface area (Å²) < 4.78 is 15.4. The molecule has 9 heteroatoms. The maximum atomic E-state index is 15.4. The molecule has 1 aliphatic rings. The monoisotopic (exact) mass is 486 g/mol. The van der Waals surface area contributed by atoms with E-state index in [-0.39, 0.29) is 24.2 Å². The Morgan fingerprint density at radius 1 is 1.19 bits per heavy atom. The third kappa shape index (κ3) is 4.75. The number of nitrogens with zero attached hydrogens (tertiary/aromatic N) is 4. The second-order valence-electron chi connectivity index (χ2n) is 8.88. The van der Waals surface area contributed by atoms with E-state index in [0.29, 0.717) is 23.6 Å². The number of piperidine rings is 1. The molecule has 3 N–H and O–H groups in total. The lowest BCUT2D eigenvalue weighted by atomic mass is 10.0. The Bertz CT molecular complexity index is 1380. The molecule has 0 saturated carbocycles. The highest BCUT2D eigenvalue weighted by Gasteiger charge is 2.31.